The van der Waals surface area contributed by atoms with Crippen LogP contribution in [0, 0.1) is 6.92 Å². The second-order valence-electron chi connectivity index (χ2n) is 3.81. The number of anilines is 1. The number of hydrogen-bond donors (Lipinski definition) is 0. The first kappa shape index (κ1) is 10.5. The molecule has 3 heterocycles. The summed E-state index contributed by atoms with van der Waals surface area (Å²) in [6.45, 7) is 4.11. The Labute approximate surface area is 107 Å². The van der Waals surface area contributed by atoms with E-state index in [1.165, 1.54) is 26.7 Å². The minimum absolute atomic E-state index is 0.516. The molecule has 3 nitrogen and oxygen atoms in total. The third kappa shape index (κ3) is 1.83. The fourth-order valence-corrected chi connectivity index (χ4v) is 3.85. The van der Waals surface area contributed by atoms with E-state index < -0.39 is 0 Å². The van der Waals surface area contributed by atoms with Crippen molar-refractivity contribution in [3.8, 4) is 0 Å². The van der Waals surface area contributed by atoms with E-state index in [1.54, 1.807) is 0 Å². The number of hydrogen-bond acceptors (Lipinski definition) is 5. The average Bonchev–Trinajstić information content (AvgIpc) is 2.81. The molecule has 3 rings (SSSR count). The number of halogens is 1. The molecule has 0 fully saturated rings. The first-order chi connectivity index (χ1) is 7.72. The highest BCUT2D eigenvalue weighted by Crippen LogP contribution is 2.32. The molecule has 2 aromatic rings. The van der Waals surface area contributed by atoms with E-state index in [1.807, 2.05) is 11.3 Å². The molecule has 2 aromatic heterocycles. The van der Waals surface area contributed by atoms with Crippen LogP contribution in [0.4, 0.5) is 5.13 Å². The molecule has 0 bridgehead atoms. The quantitative estimate of drug-likeness (QED) is 0.798. The maximum absolute atomic E-state index is 5.80. The van der Waals surface area contributed by atoms with E-state index in [2.05, 4.69) is 28.1 Å². The van der Waals surface area contributed by atoms with Gasteiger partial charge in [0.05, 0.1) is 0 Å². The SMILES string of the molecule is Cc1cc2c(s1)CCN(c1nnc(Cl)s1)C2. The Kier molecular flexibility index (Phi) is 2.61. The molecule has 1 aliphatic heterocycles. The molecule has 0 N–H and O–H groups in total. The molecule has 84 valence electrons. The second kappa shape index (κ2) is 3.98. The van der Waals surface area contributed by atoms with Crippen LogP contribution in [0.3, 0.4) is 0 Å². The average molecular weight is 272 g/mol. The predicted octanol–water partition coefficient (Wildman–Crippen LogP) is 3.12. The van der Waals surface area contributed by atoms with Gasteiger partial charge < -0.3 is 4.90 Å². The predicted molar refractivity (Wildman–Crippen MR) is 68.7 cm³/mol. The molecule has 0 amide bonds. The highest BCUT2D eigenvalue weighted by atomic mass is 35.5. The van der Waals surface area contributed by atoms with Crippen LogP contribution in [0.2, 0.25) is 4.47 Å². The van der Waals surface area contributed by atoms with Crippen LogP contribution in [0.5, 0.6) is 0 Å². The van der Waals surface area contributed by atoms with E-state index in [4.69, 9.17) is 11.6 Å². The van der Waals surface area contributed by atoms with Gasteiger partial charge in [-0.25, -0.2) is 0 Å². The molecule has 0 radical (unpaired) electrons. The molecule has 0 unspecified atom stereocenters. The molecule has 0 saturated heterocycles. The van der Waals surface area contributed by atoms with Gasteiger partial charge >= 0.3 is 0 Å². The fourth-order valence-electron chi connectivity index (χ4n) is 1.97. The van der Waals surface area contributed by atoms with Gasteiger partial charge in [-0.15, -0.1) is 21.5 Å². The third-order valence-corrected chi connectivity index (χ3v) is 4.88. The van der Waals surface area contributed by atoms with Crippen molar-refractivity contribution >= 4 is 39.4 Å². The Balaban J connectivity index is 1.87. The van der Waals surface area contributed by atoms with Gasteiger partial charge in [-0.05, 0) is 36.6 Å². The van der Waals surface area contributed by atoms with Crippen molar-refractivity contribution in [3.05, 3.63) is 25.9 Å². The number of nitrogens with zero attached hydrogens (tertiary/aromatic N) is 3. The third-order valence-electron chi connectivity index (χ3n) is 2.65. The molecule has 0 saturated carbocycles. The lowest BCUT2D eigenvalue weighted by Crippen LogP contribution is -2.29. The molecule has 16 heavy (non-hydrogen) atoms. The van der Waals surface area contributed by atoms with Gasteiger partial charge in [-0.3, -0.25) is 0 Å². The largest absolute Gasteiger partial charge is 0.342 e. The van der Waals surface area contributed by atoms with Crippen molar-refractivity contribution in [2.24, 2.45) is 0 Å². The van der Waals surface area contributed by atoms with Crippen LogP contribution >= 0.6 is 34.3 Å². The molecule has 6 heteroatoms. The maximum Gasteiger partial charge on any atom is 0.209 e. The zero-order valence-corrected chi connectivity index (χ0v) is 11.1. The Hall–Kier alpha value is -0.650. The van der Waals surface area contributed by atoms with E-state index in [-0.39, 0.29) is 0 Å². The van der Waals surface area contributed by atoms with Crippen molar-refractivity contribution in [2.75, 3.05) is 11.4 Å². The van der Waals surface area contributed by atoms with E-state index >= 15 is 0 Å². The molecule has 0 aromatic carbocycles. The monoisotopic (exact) mass is 271 g/mol. The normalized spacial score (nSPS) is 15.2. The lowest BCUT2D eigenvalue weighted by Gasteiger charge is -2.25. The summed E-state index contributed by atoms with van der Waals surface area (Å²) in [5.41, 5.74) is 1.43. The fraction of sp³-hybridized carbons (Fsp3) is 0.400. The van der Waals surface area contributed by atoms with Crippen molar-refractivity contribution in [1.29, 1.82) is 0 Å². The summed E-state index contributed by atoms with van der Waals surface area (Å²) in [7, 11) is 0. The zero-order valence-electron chi connectivity index (χ0n) is 8.73. The molecule has 1 aliphatic rings. The first-order valence-corrected chi connectivity index (χ1v) is 7.05. The van der Waals surface area contributed by atoms with Gasteiger partial charge in [0.15, 0.2) is 0 Å². The molecular formula is C10H10ClN3S2. The van der Waals surface area contributed by atoms with Crippen LogP contribution in [-0.2, 0) is 13.0 Å². The van der Waals surface area contributed by atoms with Crippen LogP contribution in [-0.4, -0.2) is 16.7 Å². The highest BCUT2D eigenvalue weighted by molar-refractivity contribution is 7.19. The maximum atomic E-state index is 5.80. The Morgan fingerprint density at radius 2 is 2.25 bits per heavy atom. The highest BCUT2D eigenvalue weighted by Gasteiger charge is 2.20. The van der Waals surface area contributed by atoms with Gasteiger partial charge in [0.1, 0.15) is 0 Å². The summed E-state index contributed by atoms with van der Waals surface area (Å²) < 4.78 is 0.516. The number of aryl methyl sites for hydroxylation is 1. The Morgan fingerprint density at radius 3 is 3.00 bits per heavy atom. The summed E-state index contributed by atoms with van der Waals surface area (Å²) in [5, 5.41) is 8.86. The topological polar surface area (TPSA) is 29.0 Å². The van der Waals surface area contributed by atoms with Crippen molar-refractivity contribution in [1.82, 2.24) is 10.2 Å². The van der Waals surface area contributed by atoms with E-state index in [0.717, 1.165) is 24.6 Å². The smallest absolute Gasteiger partial charge is 0.209 e. The van der Waals surface area contributed by atoms with Gasteiger partial charge in [-0.2, -0.15) is 0 Å². The summed E-state index contributed by atoms with van der Waals surface area (Å²) >= 11 is 9.16. The van der Waals surface area contributed by atoms with Crippen molar-refractivity contribution in [2.45, 2.75) is 19.9 Å². The lowest BCUT2D eigenvalue weighted by atomic mass is 10.1. The van der Waals surface area contributed by atoms with E-state index in [9.17, 15) is 0 Å². The van der Waals surface area contributed by atoms with Crippen LogP contribution in [0.15, 0.2) is 6.07 Å². The summed E-state index contributed by atoms with van der Waals surface area (Å²) in [4.78, 5) is 5.16. The minimum Gasteiger partial charge on any atom is -0.342 e. The van der Waals surface area contributed by atoms with Crippen molar-refractivity contribution in [3.63, 3.8) is 0 Å². The molecule has 0 atom stereocenters. The number of fused-ring (bicyclic) bond motifs is 1. The standard InChI is InChI=1S/C10H10ClN3S2/c1-6-4-7-5-14(3-2-8(7)15-6)10-13-12-9(11)16-10/h4H,2-3,5H2,1H3. The molecule has 0 spiro atoms. The van der Waals surface area contributed by atoms with Crippen LogP contribution in [0.1, 0.15) is 15.3 Å². The Bertz CT molecular complexity index is 520. The summed E-state index contributed by atoms with van der Waals surface area (Å²) in [5.74, 6) is 0. The zero-order chi connectivity index (χ0) is 11.1. The van der Waals surface area contributed by atoms with Gasteiger partial charge in [-0.1, -0.05) is 11.3 Å². The van der Waals surface area contributed by atoms with Crippen molar-refractivity contribution < 1.29 is 0 Å². The van der Waals surface area contributed by atoms with E-state index in [0.29, 0.717) is 4.47 Å². The number of thiophene rings is 1. The number of rotatable bonds is 1. The summed E-state index contributed by atoms with van der Waals surface area (Å²) in [6.07, 6.45) is 1.10. The number of aromatic nitrogens is 2. The first-order valence-electron chi connectivity index (χ1n) is 5.04. The molecule has 0 aliphatic carbocycles. The second-order valence-corrected chi connectivity index (χ2v) is 6.69. The molecular weight excluding hydrogens is 262 g/mol. The summed E-state index contributed by atoms with van der Waals surface area (Å²) in [6, 6.07) is 2.27. The van der Waals surface area contributed by atoms with Gasteiger partial charge in [0.2, 0.25) is 9.60 Å². The van der Waals surface area contributed by atoms with Gasteiger partial charge in [0, 0.05) is 22.8 Å². The Morgan fingerprint density at radius 1 is 1.38 bits per heavy atom. The van der Waals surface area contributed by atoms with Gasteiger partial charge in [0.25, 0.3) is 0 Å². The van der Waals surface area contributed by atoms with Crippen LogP contribution in [0.25, 0.3) is 0 Å². The van der Waals surface area contributed by atoms with Crippen LogP contribution < -0.4 is 4.90 Å². The lowest BCUT2D eigenvalue weighted by molar-refractivity contribution is 0.735. The minimum atomic E-state index is 0.516.